The molecular formula is C26H22N2O4S. The number of para-hydroxylation sites is 3. The van der Waals surface area contributed by atoms with Gasteiger partial charge >= 0.3 is 0 Å². The van der Waals surface area contributed by atoms with Gasteiger partial charge in [-0.15, -0.1) is 0 Å². The summed E-state index contributed by atoms with van der Waals surface area (Å²) in [5, 5.41) is 2.83. The van der Waals surface area contributed by atoms with Crippen LogP contribution in [0.2, 0.25) is 0 Å². The molecule has 0 bridgehead atoms. The van der Waals surface area contributed by atoms with Crippen LogP contribution >= 0.6 is 0 Å². The molecule has 0 aliphatic carbocycles. The van der Waals surface area contributed by atoms with Crippen LogP contribution in [0.3, 0.4) is 0 Å². The third kappa shape index (κ3) is 5.58. The predicted molar refractivity (Wildman–Crippen MR) is 129 cm³/mol. The van der Waals surface area contributed by atoms with E-state index in [0.29, 0.717) is 22.7 Å². The zero-order valence-electron chi connectivity index (χ0n) is 17.9. The summed E-state index contributed by atoms with van der Waals surface area (Å²) in [4.78, 5) is 13.0. The first-order valence-corrected chi connectivity index (χ1v) is 11.7. The van der Waals surface area contributed by atoms with E-state index in [4.69, 9.17) is 4.74 Å². The SMILES string of the molecule is Cc1ccc(S(=O)(=O)Nc2cccc(C(=O)Nc3ccccc3Oc3ccccc3)c2)cc1. The van der Waals surface area contributed by atoms with Gasteiger partial charge in [-0.25, -0.2) is 8.42 Å². The van der Waals surface area contributed by atoms with Crippen LogP contribution in [0, 0.1) is 6.92 Å². The van der Waals surface area contributed by atoms with Crippen LogP contribution in [0.25, 0.3) is 0 Å². The number of hydrogen-bond acceptors (Lipinski definition) is 4. The van der Waals surface area contributed by atoms with Crippen molar-refractivity contribution in [3.8, 4) is 11.5 Å². The Morgan fingerprint density at radius 2 is 1.48 bits per heavy atom. The zero-order valence-corrected chi connectivity index (χ0v) is 18.7. The fourth-order valence-electron chi connectivity index (χ4n) is 3.12. The number of anilines is 2. The summed E-state index contributed by atoms with van der Waals surface area (Å²) < 4.78 is 33.8. The molecule has 166 valence electrons. The van der Waals surface area contributed by atoms with Gasteiger partial charge < -0.3 is 10.1 Å². The fraction of sp³-hybridized carbons (Fsp3) is 0.0385. The van der Waals surface area contributed by atoms with Gasteiger partial charge in [-0.05, 0) is 61.5 Å². The Kier molecular flexibility index (Phi) is 6.42. The number of ether oxygens (including phenoxy) is 1. The van der Waals surface area contributed by atoms with E-state index >= 15 is 0 Å². The van der Waals surface area contributed by atoms with Crippen molar-refractivity contribution in [3.05, 3.63) is 114 Å². The lowest BCUT2D eigenvalue weighted by molar-refractivity contribution is 0.102. The molecule has 7 heteroatoms. The molecule has 33 heavy (non-hydrogen) atoms. The number of benzene rings is 4. The molecule has 0 aromatic heterocycles. The van der Waals surface area contributed by atoms with Crippen molar-refractivity contribution >= 4 is 27.3 Å². The van der Waals surface area contributed by atoms with Crippen LogP contribution < -0.4 is 14.8 Å². The molecule has 0 saturated carbocycles. The Morgan fingerprint density at radius 3 is 2.24 bits per heavy atom. The number of nitrogens with one attached hydrogen (secondary N) is 2. The second-order valence-corrected chi connectivity index (χ2v) is 9.05. The average Bonchev–Trinajstić information content (AvgIpc) is 2.81. The van der Waals surface area contributed by atoms with E-state index < -0.39 is 15.9 Å². The van der Waals surface area contributed by atoms with Crippen LogP contribution in [0.1, 0.15) is 15.9 Å². The molecule has 0 heterocycles. The summed E-state index contributed by atoms with van der Waals surface area (Å²) in [6.07, 6.45) is 0. The molecule has 0 saturated heterocycles. The highest BCUT2D eigenvalue weighted by Crippen LogP contribution is 2.29. The summed E-state index contributed by atoms with van der Waals surface area (Å²) in [6.45, 7) is 1.88. The van der Waals surface area contributed by atoms with E-state index in [0.717, 1.165) is 5.56 Å². The summed E-state index contributed by atoms with van der Waals surface area (Å²) in [5.74, 6) is 0.746. The third-order valence-electron chi connectivity index (χ3n) is 4.81. The molecule has 1 amide bonds. The quantitative estimate of drug-likeness (QED) is 0.364. The van der Waals surface area contributed by atoms with Crippen molar-refractivity contribution in [2.75, 3.05) is 10.0 Å². The maximum atomic E-state index is 12.9. The van der Waals surface area contributed by atoms with Gasteiger partial charge in [-0.2, -0.15) is 0 Å². The van der Waals surface area contributed by atoms with Gasteiger partial charge in [0.1, 0.15) is 5.75 Å². The number of amides is 1. The van der Waals surface area contributed by atoms with Gasteiger partial charge in [-0.3, -0.25) is 9.52 Å². The van der Waals surface area contributed by atoms with Gasteiger partial charge in [0.05, 0.1) is 10.6 Å². The smallest absolute Gasteiger partial charge is 0.261 e. The molecule has 0 aliphatic rings. The second-order valence-electron chi connectivity index (χ2n) is 7.36. The minimum atomic E-state index is -3.77. The topological polar surface area (TPSA) is 84.5 Å². The van der Waals surface area contributed by atoms with E-state index in [1.165, 1.54) is 18.2 Å². The highest BCUT2D eigenvalue weighted by molar-refractivity contribution is 7.92. The summed E-state index contributed by atoms with van der Waals surface area (Å²) in [5.41, 5.74) is 2.05. The Hall–Kier alpha value is -4.10. The molecule has 6 nitrogen and oxygen atoms in total. The van der Waals surface area contributed by atoms with Crippen LogP contribution in [0.4, 0.5) is 11.4 Å². The normalized spacial score (nSPS) is 10.9. The molecule has 2 N–H and O–H groups in total. The number of sulfonamides is 1. The molecule has 0 atom stereocenters. The maximum absolute atomic E-state index is 12.9. The minimum absolute atomic E-state index is 0.148. The van der Waals surface area contributed by atoms with Gasteiger partial charge in [0.15, 0.2) is 5.75 Å². The van der Waals surface area contributed by atoms with Gasteiger partial charge in [-0.1, -0.05) is 54.1 Å². The second kappa shape index (κ2) is 9.58. The highest BCUT2D eigenvalue weighted by Gasteiger charge is 2.16. The fourth-order valence-corrected chi connectivity index (χ4v) is 4.17. The monoisotopic (exact) mass is 458 g/mol. The average molecular weight is 459 g/mol. The maximum Gasteiger partial charge on any atom is 0.261 e. The van der Waals surface area contributed by atoms with Crippen LogP contribution in [0.15, 0.2) is 108 Å². The summed E-state index contributed by atoms with van der Waals surface area (Å²) in [6, 6.07) is 29.2. The van der Waals surface area contributed by atoms with Crippen molar-refractivity contribution in [3.63, 3.8) is 0 Å². The molecule has 0 aliphatic heterocycles. The molecule has 4 aromatic carbocycles. The molecule has 4 aromatic rings. The largest absolute Gasteiger partial charge is 0.455 e. The number of aryl methyl sites for hydroxylation is 1. The molecule has 4 rings (SSSR count). The Bertz CT molecular complexity index is 1370. The molecule has 0 radical (unpaired) electrons. The Morgan fingerprint density at radius 1 is 0.788 bits per heavy atom. The number of hydrogen-bond donors (Lipinski definition) is 2. The summed E-state index contributed by atoms with van der Waals surface area (Å²) in [7, 11) is -3.77. The molecular weight excluding hydrogens is 436 g/mol. The van der Waals surface area contributed by atoms with E-state index in [1.54, 1.807) is 48.5 Å². The van der Waals surface area contributed by atoms with Crippen molar-refractivity contribution < 1.29 is 17.9 Å². The van der Waals surface area contributed by atoms with Gasteiger partial charge in [0, 0.05) is 11.3 Å². The van der Waals surface area contributed by atoms with E-state index in [9.17, 15) is 13.2 Å². The Balaban J connectivity index is 1.51. The first kappa shape index (κ1) is 22.1. The highest BCUT2D eigenvalue weighted by atomic mass is 32.2. The number of carbonyl (C=O) groups is 1. The van der Waals surface area contributed by atoms with Crippen LogP contribution in [-0.2, 0) is 10.0 Å². The van der Waals surface area contributed by atoms with Crippen molar-refractivity contribution in [1.82, 2.24) is 0 Å². The number of rotatable bonds is 7. The van der Waals surface area contributed by atoms with Gasteiger partial charge in [0.2, 0.25) is 0 Å². The third-order valence-corrected chi connectivity index (χ3v) is 6.21. The minimum Gasteiger partial charge on any atom is -0.455 e. The predicted octanol–water partition coefficient (Wildman–Crippen LogP) is 5.84. The Labute approximate surface area is 192 Å². The standard InChI is InChI=1S/C26H22N2O4S/c1-19-14-16-23(17-15-19)33(30,31)28-21-9-7-8-20(18-21)26(29)27-24-12-5-6-13-25(24)32-22-10-3-2-4-11-22/h2-18,28H,1H3,(H,27,29). The first-order chi connectivity index (χ1) is 15.9. The van der Waals surface area contributed by atoms with Gasteiger partial charge in [0.25, 0.3) is 15.9 Å². The van der Waals surface area contributed by atoms with Crippen molar-refractivity contribution in [2.24, 2.45) is 0 Å². The molecule has 0 spiro atoms. The van der Waals surface area contributed by atoms with Crippen molar-refractivity contribution in [2.45, 2.75) is 11.8 Å². The summed E-state index contributed by atoms with van der Waals surface area (Å²) >= 11 is 0. The van der Waals surface area contributed by atoms with E-state index in [2.05, 4.69) is 10.0 Å². The van der Waals surface area contributed by atoms with E-state index in [1.807, 2.05) is 43.3 Å². The lowest BCUT2D eigenvalue weighted by Gasteiger charge is -2.13. The number of carbonyl (C=O) groups excluding carboxylic acids is 1. The van der Waals surface area contributed by atoms with Crippen molar-refractivity contribution in [1.29, 1.82) is 0 Å². The van der Waals surface area contributed by atoms with E-state index in [-0.39, 0.29) is 10.6 Å². The molecule has 0 fully saturated rings. The lowest BCUT2D eigenvalue weighted by atomic mass is 10.2. The van der Waals surface area contributed by atoms with Crippen LogP contribution in [-0.4, -0.2) is 14.3 Å². The lowest BCUT2D eigenvalue weighted by Crippen LogP contribution is -2.15. The first-order valence-electron chi connectivity index (χ1n) is 10.2. The van der Waals surface area contributed by atoms with Crippen LogP contribution in [0.5, 0.6) is 11.5 Å². The molecule has 0 unspecified atom stereocenters. The zero-order chi connectivity index (χ0) is 23.3.